The summed E-state index contributed by atoms with van der Waals surface area (Å²) in [4.78, 5) is 26.9. The maximum absolute atomic E-state index is 12.7. The van der Waals surface area contributed by atoms with Gasteiger partial charge in [0.15, 0.2) is 11.5 Å². The minimum atomic E-state index is -0.265. The molecule has 7 nitrogen and oxygen atoms in total. The third-order valence-electron chi connectivity index (χ3n) is 4.73. The third kappa shape index (κ3) is 5.03. The maximum Gasteiger partial charge on any atom is 0.251 e. The number of rotatable bonds is 9. The lowest BCUT2D eigenvalue weighted by Gasteiger charge is -2.18. The smallest absolute Gasteiger partial charge is 0.251 e. The average Bonchev–Trinajstić information content (AvgIpc) is 3.10. The van der Waals surface area contributed by atoms with Gasteiger partial charge in [-0.1, -0.05) is 0 Å². The summed E-state index contributed by atoms with van der Waals surface area (Å²) >= 11 is 0. The van der Waals surface area contributed by atoms with Gasteiger partial charge in [0, 0.05) is 24.2 Å². The molecule has 30 heavy (non-hydrogen) atoms. The molecular formula is C23H28N2O5. The first-order valence-corrected chi connectivity index (χ1v) is 10.3. The molecule has 0 spiro atoms. The van der Waals surface area contributed by atoms with Crippen LogP contribution >= 0.6 is 0 Å². The van der Waals surface area contributed by atoms with Crippen LogP contribution in [0.2, 0.25) is 0 Å². The van der Waals surface area contributed by atoms with Crippen LogP contribution in [-0.4, -0.2) is 44.2 Å². The molecule has 1 heterocycles. The van der Waals surface area contributed by atoms with E-state index in [0.29, 0.717) is 43.4 Å². The number of carbonyl (C=O) groups excluding carboxylic acids is 2. The van der Waals surface area contributed by atoms with Crippen LogP contribution in [0.1, 0.15) is 37.6 Å². The van der Waals surface area contributed by atoms with Crippen molar-refractivity contribution in [3.05, 3.63) is 48.0 Å². The van der Waals surface area contributed by atoms with Gasteiger partial charge in [0.2, 0.25) is 5.91 Å². The van der Waals surface area contributed by atoms with Crippen molar-refractivity contribution in [3.63, 3.8) is 0 Å². The van der Waals surface area contributed by atoms with Crippen LogP contribution in [0.5, 0.6) is 17.2 Å². The molecule has 0 radical (unpaired) electrons. The number of benzene rings is 2. The van der Waals surface area contributed by atoms with Gasteiger partial charge in [-0.25, -0.2) is 0 Å². The molecule has 0 aromatic heterocycles. The van der Waals surface area contributed by atoms with Crippen molar-refractivity contribution in [1.82, 2.24) is 5.32 Å². The Kier molecular flexibility index (Phi) is 7.17. The molecule has 0 unspecified atom stereocenters. The molecule has 0 saturated carbocycles. The molecular weight excluding hydrogens is 384 g/mol. The quantitative estimate of drug-likeness (QED) is 0.683. The second kappa shape index (κ2) is 10.0. The van der Waals surface area contributed by atoms with E-state index in [2.05, 4.69) is 5.32 Å². The maximum atomic E-state index is 12.7. The van der Waals surface area contributed by atoms with Crippen LogP contribution in [0.25, 0.3) is 0 Å². The number of ether oxygens (including phenoxy) is 3. The Hall–Kier alpha value is -3.22. The molecule has 2 aromatic rings. The van der Waals surface area contributed by atoms with Crippen LogP contribution < -0.4 is 24.4 Å². The van der Waals surface area contributed by atoms with E-state index < -0.39 is 0 Å². The highest BCUT2D eigenvalue weighted by Gasteiger charge is 2.32. The highest BCUT2D eigenvalue weighted by atomic mass is 16.5. The van der Waals surface area contributed by atoms with E-state index in [4.69, 9.17) is 14.2 Å². The number of amides is 2. The lowest BCUT2D eigenvalue weighted by Crippen LogP contribution is -2.37. The van der Waals surface area contributed by atoms with Crippen LogP contribution in [-0.2, 0) is 4.79 Å². The molecule has 2 aromatic carbocycles. The standard InChI is InChI=1S/C23H28N2O5/c1-4-28-19-10-8-18(9-11-19)25-15-17(14-22(25)26)24-23(27)16-7-12-20(29-5-2)21(13-16)30-6-3/h7-13,17H,4-6,14-15H2,1-3H3,(H,24,27)/t17-/m1/s1. The Labute approximate surface area is 176 Å². The Balaban J connectivity index is 1.66. The second-order valence-corrected chi connectivity index (χ2v) is 6.83. The summed E-state index contributed by atoms with van der Waals surface area (Å²) in [5.41, 5.74) is 1.26. The first-order chi connectivity index (χ1) is 14.5. The highest BCUT2D eigenvalue weighted by molar-refractivity contribution is 5.99. The first kappa shape index (κ1) is 21.5. The number of hydrogen-bond acceptors (Lipinski definition) is 5. The zero-order valence-corrected chi connectivity index (χ0v) is 17.6. The summed E-state index contributed by atoms with van der Waals surface area (Å²) in [5.74, 6) is 1.63. The third-order valence-corrected chi connectivity index (χ3v) is 4.73. The van der Waals surface area contributed by atoms with Crippen molar-refractivity contribution >= 4 is 17.5 Å². The monoisotopic (exact) mass is 412 g/mol. The van der Waals surface area contributed by atoms with Crippen molar-refractivity contribution < 1.29 is 23.8 Å². The predicted molar refractivity (Wildman–Crippen MR) is 115 cm³/mol. The van der Waals surface area contributed by atoms with Gasteiger partial charge in [0.05, 0.1) is 25.9 Å². The molecule has 1 fully saturated rings. The highest BCUT2D eigenvalue weighted by Crippen LogP contribution is 2.29. The molecule has 0 bridgehead atoms. The minimum Gasteiger partial charge on any atom is -0.494 e. The van der Waals surface area contributed by atoms with Crippen molar-refractivity contribution in [1.29, 1.82) is 0 Å². The molecule has 1 N–H and O–H groups in total. The fourth-order valence-corrected chi connectivity index (χ4v) is 3.40. The largest absolute Gasteiger partial charge is 0.494 e. The van der Waals surface area contributed by atoms with Gasteiger partial charge in [0.1, 0.15) is 5.75 Å². The minimum absolute atomic E-state index is 0.0221. The number of carbonyl (C=O) groups is 2. The lowest BCUT2D eigenvalue weighted by molar-refractivity contribution is -0.117. The fourth-order valence-electron chi connectivity index (χ4n) is 3.40. The summed E-state index contributed by atoms with van der Waals surface area (Å²) in [5, 5.41) is 2.96. The summed E-state index contributed by atoms with van der Waals surface area (Å²) < 4.78 is 16.6. The molecule has 160 valence electrons. The molecule has 2 amide bonds. The number of hydrogen-bond donors (Lipinski definition) is 1. The summed E-state index contributed by atoms with van der Waals surface area (Å²) in [6.07, 6.45) is 0.258. The van der Waals surface area contributed by atoms with Crippen molar-refractivity contribution in [3.8, 4) is 17.2 Å². The molecule has 3 rings (SSSR count). The summed E-state index contributed by atoms with van der Waals surface area (Å²) in [7, 11) is 0. The normalized spacial score (nSPS) is 15.8. The molecule has 1 aliphatic rings. The number of anilines is 1. The van der Waals surface area contributed by atoms with Crippen LogP contribution in [0, 0.1) is 0 Å². The Morgan fingerprint density at radius 1 is 0.967 bits per heavy atom. The van der Waals surface area contributed by atoms with Gasteiger partial charge in [-0.3, -0.25) is 9.59 Å². The van der Waals surface area contributed by atoms with E-state index in [-0.39, 0.29) is 24.3 Å². The number of nitrogens with zero attached hydrogens (tertiary/aromatic N) is 1. The van der Waals surface area contributed by atoms with Crippen molar-refractivity contribution in [2.75, 3.05) is 31.3 Å². The van der Waals surface area contributed by atoms with E-state index in [0.717, 1.165) is 11.4 Å². The molecule has 1 aliphatic heterocycles. The van der Waals surface area contributed by atoms with Gasteiger partial charge in [-0.15, -0.1) is 0 Å². The second-order valence-electron chi connectivity index (χ2n) is 6.83. The van der Waals surface area contributed by atoms with Gasteiger partial charge in [0.25, 0.3) is 5.91 Å². The Morgan fingerprint density at radius 3 is 2.30 bits per heavy atom. The van der Waals surface area contributed by atoms with Crippen LogP contribution in [0.3, 0.4) is 0 Å². The molecule has 0 aliphatic carbocycles. The van der Waals surface area contributed by atoms with E-state index in [1.807, 2.05) is 45.0 Å². The zero-order chi connectivity index (χ0) is 21.5. The topological polar surface area (TPSA) is 77.1 Å². The Bertz CT molecular complexity index is 882. The van der Waals surface area contributed by atoms with E-state index in [1.54, 1.807) is 23.1 Å². The molecule has 7 heteroatoms. The van der Waals surface area contributed by atoms with Crippen molar-refractivity contribution in [2.45, 2.75) is 33.2 Å². The number of nitrogens with one attached hydrogen (secondary N) is 1. The van der Waals surface area contributed by atoms with Crippen LogP contribution in [0.4, 0.5) is 5.69 Å². The first-order valence-electron chi connectivity index (χ1n) is 10.3. The Morgan fingerprint density at radius 2 is 1.63 bits per heavy atom. The summed E-state index contributed by atoms with van der Waals surface area (Å²) in [6.45, 7) is 7.69. The zero-order valence-electron chi connectivity index (χ0n) is 17.6. The van der Waals surface area contributed by atoms with E-state index >= 15 is 0 Å². The predicted octanol–water partition coefficient (Wildman–Crippen LogP) is 3.42. The SMILES string of the molecule is CCOc1ccc(N2C[C@H](NC(=O)c3ccc(OCC)c(OCC)c3)CC2=O)cc1. The molecule has 1 saturated heterocycles. The summed E-state index contributed by atoms with van der Waals surface area (Å²) in [6, 6.07) is 12.2. The molecule has 1 atom stereocenters. The fraction of sp³-hybridized carbons (Fsp3) is 0.391. The van der Waals surface area contributed by atoms with E-state index in [9.17, 15) is 9.59 Å². The van der Waals surface area contributed by atoms with Gasteiger partial charge in [-0.2, -0.15) is 0 Å². The van der Waals surface area contributed by atoms with Crippen molar-refractivity contribution in [2.24, 2.45) is 0 Å². The lowest BCUT2D eigenvalue weighted by atomic mass is 10.1. The van der Waals surface area contributed by atoms with Crippen LogP contribution in [0.15, 0.2) is 42.5 Å². The van der Waals surface area contributed by atoms with Gasteiger partial charge >= 0.3 is 0 Å². The van der Waals surface area contributed by atoms with Gasteiger partial charge < -0.3 is 24.4 Å². The van der Waals surface area contributed by atoms with Gasteiger partial charge in [-0.05, 0) is 63.2 Å². The van der Waals surface area contributed by atoms with E-state index in [1.165, 1.54) is 0 Å². The average molecular weight is 412 g/mol.